The SMILES string of the molecule is Cc1cccc(C(=O)N(Cc2ccccc2)C[C@H](O)c2ccco2)n1. The van der Waals surface area contributed by atoms with Gasteiger partial charge in [0.1, 0.15) is 17.6 Å². The Balaban J connectivity index is 1.84. The van der Waals surface area contributed by atoms with Crippen LogP contribution in [-0.2, 0) is 6.54 Å². The lowest BCUT2D eigenvalue weighted by Crippen LogP contribution is -2.34. The van der Waals surface area contributed by atoms with Gasteiger partial charge in [-0.25, -0.2) is 4.98 Å². The molecule has 0 aliphatic carbocycles. The lowest BCUT2D eigenvalue weighted by Gasteiger charge is -2.24. The van der Waals surface area contributed by atoms with Crippen LogP contribution in [0.1, 0.15) is 33.6 Å². The molecular weight excluding hydrogens is 316 g/mol. The molecule has 0 aliphatic rings. The van der Waals surface area contributed by atoms with Gasteiger partial charge in [0.25, 0.3) is 5.91 Å². The zero-order valence-electron chi connectivity index (χ0n) is 14.0. The Bertz CT molecular complexity index is 816. The van der Waals surface area contributed by atoms with E-state index in [9.17, 15) is 9.90 Å². The van der Waals surface area contributed by atoms with Gasteiger partial charge in [-0.2, -0.15) is 0 Å². The number of nitrogens with zero attached hydrogens (tertiary/aromatic N) is 2. The molecule has 0 radical (unpaired) electrons. The molecule has 3 aromatic rings. The van der Waals surface area contributed by atoms with Crippen molar-refractivity contribution in [2.45, 2.75) is 19.6 Å². The Kier molecular flexibility index (Phi) is 5.26. The first kappa shape index (κ1) is 16.9. The third kappa shape index (κ3) is 4.33. The van der Waals surface area contributed by atoms with E-state index in [1.807, 2.05) is 43.3 Å². The zero-order chi connectivity index (χ0) is 17.6. The second-order valence-corrected chi connectivity index (χ2v) is 5.87. The molecule has 128 valence electrons. The number of aliphatic hydroxyl groups is 1. The van der Waals surface area contributed by atoms with E-state index < -0.39 is 6.10 Å². The molecule has 1 atom stereocenters. The summed E-state index contributed by atoms with van der Waals surface area (Å²) in [6, 6.07) is 18.4. The second kappa shape index (κ2) is 7.77. The van der Waals surface area contributed by atoms with Crippen LogP contribution in [0.25, 0.3) is 0 Å². The van der Waals surface area contributed by atoms with Crippen molar-refractivity contribution in [3.63, 3.8) is 0 Å². The van der Waals surface area contributed by atoms with Crippen molar-refractivity contribution in [3.8, 4) is 0 Å². The minimum absolute atomic E-state index is 0.122. The molecule has 2 aromatic heterocycles. The van der Waals surface area contributed by atoms with E-state index in [4.69, 9.17) is 4.42 Å². The van der Waals surface area contributed by atoms with Crippen LogP contribution in [0.5, 0.6) is 0 Å². The Morgan fingerprint density at radius 1 is 1.12 bits per heavy atom. The Morgan fingerprint density at radius 2 is 1.92 bits per heavy atom. The molecule has 0 saturated carbocycles. The second-order valence-electron chi connectivity index (χ2n) is 5.87. The molecule has 0 spiro atoms. The van der Waals surface area contributed by atoms with Gasteiger partial charge in [0.15, 0.2) is 0 Å². The minimum Gasteiger partial charge on any atom is -0.467 e. The Morgan fingerprint density at radius 3 is 2.60 bits per heavy atom. The van der Waals surface area contributed by atoms with Crippen LogP contribution in [0.4, 0.5) is 0 Å². The van der Waals surface area contributed by atoms with Crippen LogP contribution in [0.3, 0.4) is 0 Å². The van der Waals surface area contributed by atoms with E-state index in [1.54, 1.807) is 29.2 Å². The van der Waals surface area contributed by atoms with Crippen LogP contribution < -0.4 is 0 Å². The van der Waals surface area contributed by atoms with Gasteiger partial charge in [0.05, 0.1) is 12.8 Å². The standard InChI is InChI=1S/C20H20N2O3/c1-15-7-5-10-17(21-15)20(24)22(13-16-8-3-2-4-9-16)14-18(23)19-11-6-12-25-19/h2-12,18,23H,13-14H2,1H3/t18-/m0/s1. The smallest absolute Gasteiger partial charge is 0.272 e. The topological polar surface area (TPSA) is 66.6 Å². The number of aryl methyl sites for hydroxylation is 1. The highest BCUT2D eigenvalue weighted by atomic mass is 16.4. The van der Waals surface area contributed by atoms with Gasteiger partial charge >= 0.3 is 0 Å². The first-order valence-electron chi connectivity index (χ1n) is 8.12. The van der Waals surface area contributed by atoms with Gasteiger partial charge in [-0.05, 0) is 36.8 Å². The van der Waals surface area contributed by atoms with Gasteiger partial charge in [-0.15, -0.1) is 0 Å². The molecule has 1 aromatic carbocycles. The van der Waals surface area contributed by atoms with Gasteiger partial charge in [-0.3, -0.25) is 4.79 Å². The van der Waals surface area contributed by atoms with E-state index in [-0.39, 0.29) is 12.5 Å². The number of benzene rings is 1. The van der Waals surface area contributed by atoms with Crippen molar-refractivity contribution in [1.29, 1.82) is 0 Å². The highest BCUT2D eigenvalue weighted by Crippen LogP contribution is 2.18. The average molecular weight is 336 g/mol. The number of carbonyl (C=O) groups is 1. The molecule has 0 saturated heterocycles. The van der Waals surface area contributed by atoms with E-state index in [1.165, 1.54) is 6.26 Å². The van der Waals surface area contributed by atoms with Crippen LogP contribution in [0.2, 0.25) is 0 Å². The summed E-state index contributed by atoms with van der Waals surface area (Å²) in [6.07, 6.45) is 0.608. The van der Waals surface area contributed by atoms with Gasteiger partial charge in [-0.1, -0.05) is 36.4 Å². The molecule has 0 aliphatic heterocycles. The molecule has 5 nitrogen and oxygen atoms in total. The molecule has 5 heteroatoms. The van der Waals surface area contributed by atoms with E-state index in [0.29, 0.717) is 18.0 Å². The Hall–Kier alpha value is -2.92. The van der Waals surface area contributed by atoms with Crippen LogP contribution >= 0.6 is 0 Å². The number of hydrogen-bond acceptors (Lipinski definition) is 4. The summed E-state index contributed by atoms with van der Waals surface area (Å²) in [4.78, 5) is 18.8. The number of amides is 1. The molecular formula is C20H20N2O3. The predicted molar refractivity (Wildman–Crippen MR) is 93.8 cm³/mol. The van der Waals surface area contributed by atoms with Gasteiger partial charge in [0, 0.05) is 12.2 Å². The molecule has 3 rings (SSSR count). The highest BCUT2D eigenvalue weighted by molar-refractivity contribution is 5.92. The maximum atomic E-state index is 12.9. The van der Waals surface area contributed by atoms with Crippen molar-refractivity contribution < 1.29 is 14.3 Å². The van der Waals surface area contributed by atoms with Crippen molar-refractivity contribution in [3.05, 3.63) is 89.6 Å². The summed E-state index contributed by atoms with van der Waals surface area (Å²) >= 11 is 0. The molecule has 0 unspecified atom stereocenters. The monoisotopic (exact) mass is 336 g/mol. The van der Waals surface area contributed by atoms with Crippen LogP contribution in [0.15, 0.2) is 71.3 Å². The number of furan rings is 1. The zero-order valence-corrected chi connectivity index (χ0v) is 14.0. The molecule has 0 bridgehead atoms. The van der Waals surface area contributed by atoms with Crippen molar-refractivity contribution in [2.24, 2.45) is 0 Å². The van der Waals surface area contributed by atoms with Crippen LogP contribution in [0, 0.1) is 6.92 Å². The summed E-state index contributed by atoms with van der Waals surface area (Å²) in [6.45, 7) is 2.35. The van der Waals surface area contributed by atoms with E-state index in [0.717, 1.165) is 11.3 Å². The number of aromatic nitrogens is 1. The third-order valence-corrected chi connectivity index (χ3v) is 3.88. The molecule has 0 fully saturated rings. The largest absolute Gasteiger partial charge is 0.467 e. The lowest BCUT2D eigenvalue weighted by molar-refractivity contribution is 0.0558. The molecule has 2 heterocycles. The number of carbonyl (C=O) groups excluding carboxylic acids is 1. The first-order chi connectivity index (χ1) is 12.1. The van der Waals surface area contributed by atoms with Crippen molar-refractivity contribution >= 4 is 5.91 Å². The highest BCUT2D eigenvalue weighted by Gasteiger charge is 2.22. The quantitative estimate of drug-likeness (QED) is 0.749. The summed E-state index contributed by atoms with van der Waals surface area (Å²) in [5.74, 6) is 0.209. The fourth-order valence-corrected chi connectivity index (χ4v) is 2.63. The minimum atomic E-state index is -0.896. The molecule has 25 heavy (non-hydrogen) atoms. The van der Waals surface area contributed by atoms with E-state index in [2.05, 4.69) is 4.98 Å². The number of pyridine rings is 1. The van der Waals surface area contributed by atoms with Crippen molar-refractivity contribution in [2.75, 3.05) is 6.54 Å². The number of hydrogen-bond donors (Lipinski definition) is 1. The fourth-order valence-electron chi connectivity index (χ4n) is 2.63. The normalized spacial score (nSPS) is 11.9. The maximum absolute atomic E-state index is 12.9. The fraction of sp³-hybridized carbons (Fsp3) is 0.200. The summed E-state index contributed by atoms with van der Waals surface area (Å²) in [7, 11) is 0. The Labute approximate surface area is 146 Å². The molecule has 1 amide bonds. The third-order valence-electron chi connectivity index (χ3n) is 3.88. The summed E-state index contributed by atoms with van der Waals surface area (Å²) in [5.41, 5.74) is 2.12. The predicted octanol–water partition coefficient (Wildman–Crippen LogP) is 3.36. The number of rotatable bonds is 6. The number of aliphatic hydroxyl groups excluding tert-OH is 1. The van der Waals surface area contributed by atoms with Gasteiger partial charge in [0.2, 0.25) is 0 Å². The van der Waals surface area contributed by atoms with Crippen molar-refractivity contribution in [1.82, 2.24) is 9.88 Å². The average Bonchev–Trinajstić information content (AvgIpc) is 3.16. The maximum Gasteiger partial charge on any atom is 0.272 e. The molecule has 1 N–H and O–H groups in total. The van der Waals surface area contributed by atoms with Crippen LogP contribution in [-0.4, -0.2) is 27.4 Å². The van der Waals surface area contributed by atoms with E-state index >= 15 is 0 Å². The lowest BCUT2D eigenvalue weighted by atomic mass is 10.1. The summed E-state index contributed by atoms with van der Waals surface area (Å²) < 4.78 is 5.25. The summed E-state index contributed by atoms with van der Waals surface area (Å²) in [5, 5.41) is 10.4. The van der Waals surface area contributed by atoms with Gasteiger partial charge < -0.3 is 14.4 Å². The first-order valence-corrected chi connectivity index (χ1v) is 8.12.